The molecule has 0 fully saturated rings. The van der Waals surface area contributed by atoms with Crippen LogP contribution in [0, 0.1) is 10.4 Å². The number of hydrogen-bond acceptors (Lipinski definition) is 3. The van der Waals surface area contributed by atoms with Crippen molar-refractivity contribution in [2.45, 2.75) is 39.3 Å². The average Bonchev–Trinajstić information content (AvgIpc) is 2.18. The summed E-state index contributed by atoms with van der Waals surface area (Å²) in [6, 6.07) is 3.75. The van der Waals surface area contributed by atoms with Crippen LogP contribution in [0.1, 0.15) is 37.5 Å². The first kappa shape index (κ1) is 17.9. The van der Waals surface area contributed by atoms with Gasteiger partial charge in [-0.05, 0) is 23.1 Å². The Balaban J connectivity index is 3.39. The summed E-state index contributed by atoms with van der Waals surface area (Å²) in [6.07, 6.45) is 0. The Morgan fingerprint density at radius 3 is 1.48 bits per heavy atom. The van der Waals surface area contributed by atoms with Gasteiger partial charge >= 0.3 is 0 Å². The van der Waals surface area contributed by atoms with Crippen molar-refractivity contribution in [1.29, 1.82) is 0 Å². The highest BCUT2D eigenvalue weighted by Crippen LogP contribution is 2.33. The molecule has 120 valence electrons. The van der Waals surface area contributed by atoms with Crippen LogP contribution in [0.25, 0.3) is 0 Å². The fraction of sp³-hybridized carbons (Fsp3) is 0.625. The van der Waals surface area contributed by atoms with Gasteiger partial charge in [0.05, 0.1) is 28.2 Å². The summed E-state index contributed by atoms with van der Waals surface area (Å²) < 4.78 is -1.04. The molecule has 5 nitrogen and oxygen atoms in total. The lowest BCUT2D eigenvalue weighted by atomic mass is 9.84. The largest absolute Gasteiger partial charge is 0.633 e. The maximum atomic E-state index is 11.9. The summed E-state index contributed by atoms with van der Waals surface area (Å²) in [5.74, 6) is 0.0760. The molecule has 1 rings (SSSR count). The van der Waals surface area contributed by atoms with Crippen LogP contribution in [0.2, 0.25) is 0 Å². The lowest BCUT2D eigenvalue weighted by Gasteiger charge is -2.36. The van der Waals surface area contributed by atoms with E-state index >= 15 is 0 Å². The molecule has 21 heavy (non-hydrogen) atoms. The quantitative estimate of drug-likeness (QED) is 0.686. The number of nitrogens with zero attached hydrogens (tertiary/aromatic N) is 2. The van der Waals surface area contributed by atoms with Gasteiger partial charge in [0, 0.05) is 11.1 Å². The van der Waals surface area contributed by atoms with Gasteiger partial charge in [-0.3, -0.25) is 0 Å². The topological polar surface area (TPSA) is 66.3 Å². The summed E-state index contributed by atoms with van der Waals surface area (Å²) in [5, 5.41) is 34.3. The molecule has 0 aromatic heterocycles. The van der Waals surface area contributed by atoms with Crippen LogP contribution >= 0.6 is 0 Å². The van der Waals surface area contributed by atoms with E-state index in [1.165, 1.54) is 28.2 Å². The maximum Gasteiger partial charge on any atom is 0.133 e. The van der Waals surface area contributed by atoms with Gasteiger partial charge in [0.25, 0.3) is 0 Å². The van der Waals surface area contributed by atoms with Crippen molar-refractivity contribution < 1.29 is 14.4 Å². The van der Waals surface area contributed by atoms with E-state index in [0.717, 1.165) is 5.56 Å². The molecule has 0 atom stereocenters. The molecule has 0 radical (unpaired) electrons. The monoisotopic (exact) mass is 296 g/mol. The van der Waals surface area contributed by atoms with Gasteiger partial charge in [0.1, 0.15) is 18.8 Å². The molecule has 0 aliphatic carbocycles. The molecule has 0 saturated carbocycles. The molecule has 0 unspecified atom stereocenters. The first-order valence-electron chi connectivity index (χ1n) is 7.12. The van der Waals surface area contributed by atoms with Crippen LogP contribution in [-0.4, -0.2) is 42.6 Å². The fourth-order valence-electron chi connectivity index (χ4n) is 2.25. The average molecular weight is 296 g/mol. The SMILES string of the molecule is CC(C)(C)c1cc(C[N+](C)(C)[O-])c(O)c(C[N+](C)(C)[O-])c1. The number of aromatic hydroxyl groups is 1. The zero-order valence-electron chi connectivity index (χ0n) is 14.2. The molecule has 0 saturated heterocycles. The molecule has 0 bridgehead atoms. The third kappa shape index (κ3) is 5.63. The molecule has 0 aliphatic heterocycles. The van der Waals surface area contributed by atoms with Gasteiger partial charge in [0.15, 0.2) is 0 Å². The number of rotatable bonds is 4. The molecule has 0 spiro atoms. The Hall–Kier alpha value is -1.14. The van der Waals surface area contributed by atoms with Crippen molar-refractivity contribution >= 4 is 0 Å². The predicted molar refractivity (Wildman–Crippen MR) is 85.2 cm³/mol. The highest BCUT2D eigenvalue weighted by Gasteiger charge is 2.22. The van der Waals surface area contributed by atoms with E-state index in [1.54, 1.807) is 0 Å². The number of hydrogen-bond donors (Lipinski definition) is 1. The van der Waals surface area contributed by atoms with Crippen LogP contribution in [-0.2, 0) is 18.5 Å². The number of hydroxylamine groups is 6. The van der Waals surface area contributed by atoms with Crippen molar-refractivity contribution in [2.24, 2.45) is 0 Å². The van der Waals surface area contributed by atoms with Crippen molar-refractivity contribution in [3.05, 3.63) is 39.2 Å². The second kappa shape index (κ2) is 5.57. The highest BCUT2D eigenvalue weighted by molar-refractivity contribution is 5.45. The van der Waals surface area contributed by atoms with E-state index < -0.39 is 9.29 Å². The molecule has 1 aromatic rings. The molecule has 1 aromatic carbocycles. The minimum Gasteiger partial charge on any atom is -0.633 e. The van der Waals surface area contributed by atoms with Crippen LogP contribution in [0.4, 0.5) is 0 Å². The highest BCUT2D eigenvalue weighted by atomic mass is 16.5. The number of benzene rings is 1. The predicted octanol–water partition coefficient (Wildman–Crippen LogP) is 2.84. The minimum absolute atomic E-state index is 0.0760. The zero-order chi connectivity index (χ0) is 16.6. The molecule has 0 amide bonds. The lowest BCUT2D eigenvalue weighted by molar-refractivity contribution is -0.854. The Morgan fingerprint density at radius 1 is 0.905 bits per heavy atom. The van der Waals surface area contributed by atoms with Crippen molar-refractivity contribution in [3.63, 3.8) is 0 Å². The third-order valence-corrected chi connectivity index (χ3v) is 3.24. The summed E-state index contributed by atoms with van der Waals surface area (Å²) in [7, 11) is 6.15. The summed E-state index contributed by atoms with van der Waals surface area (Å²) in [5.41, 5.74) is 2.11. The second-order valence-corrected chi connectivity index (χ2v) is 7.86. The fourth-order valence-corrected chi connectivity index (χ4v) is 2.25. The van der Waals surface area contributed by atoms with Crippen LogP contribution < -0.4 is 0 Å². The van der Waals surface area contributed by atoms with Gasteiger partial charge < -0.3 is 24.8 Å². The molecular weight excluding hydrogens is 268 g/mol. The van der Waals surface area contributed by atoms with Crippen molar-refractivity contribution in [3.8, 4) is 5.75 Å². The standard InChI is InChI=1S/C16H28N2O3/c1-16(2,3)14-8-12(10-17(4,5)20)15(19)13(9-14)11-18(6,7)21/h8-9,19H,10-11H2,1-7H3. The molecule has 5 heteroatoms. The Morgan fingerprint density at radius 2 is 1.24 bits per heavy atom. The van der Waals surface area contributed by atoms with Gasteiger partial charge in [-0.1, -0.05) is 20.8 Å². The third-order valence-electron chi connectivity index (χ3n) is 3.24. The normalized spacial score (nSPS) is 13.6. The van der Waals surface area contributed by atoms with Gasteiger partial charge in [-0.15, -0.1) is 0 Å². The minimum atomic E-state index is -0.518. The zero-order valence-corrected chi connectivity index (χ0v) is 14.2. The van der Waals surface area contributed by atoms with E-state index in [2.05, 4.69) is 20.8 Å². The molecular formula is C16H28N2O3. The van der Waals surface area contributed by atoms with E-state index in [0.29, 0.717) is 11.1 Å². The second-order valence-electron chi connectivity index (χ2n) is 7.86. The number of phenols is 1. The first-order chi connectivity index (χ1) is 9.19. The summed E-state index contributed by atoms with van der Waals surface area (Å²) in [4.78, 5) is 0. The van der Waals surface area contributed by atoms with Crippen LogP contribution in [0.3, 0.4) is 0 Å². The Kier molecular flexibility index (Phi) is 4.75. The van der Waals surface area contributed by atoms with E-state index in [-0.39, 0.29) is 24.3 Å². The van der Waals surface area contributed by atoms with Gasteiger partial charge in [-0.25, -0.2) is 0 Å². The van der Waals surface area contributed by atoms with Crippen LogP contribution in [0.15, 0.2) is 12.1 Å². The van der Waals surface area contributed by atoms with Crippen molar-refractivity contribution in [2.75, 3.05) is 28.2 Å². The van der Waals surface area contributed by atoms with E-state index in [1.807, 2.05) is 12.1 Å². The smallest absolute Gasteiger partial charge is 0.133 e. The number of quaternary nitrogens is 2. The Labute approximate surface area is 127 Å². The maximum absolute atomic E-state index is 11.9. The van der Waals surface area contributed by atoms with Gasteiger partial charge in [0.2, 0.25) is 0 Å². The van der Waals surface area contributed by atoms with Crippen LogP contribution in [0.5, 0.6) is 5.75 Å². The Bertz CT molecular complexity index is 469. The van der Waals surface area contributed by atoms with Crippen molar-refractivity contribution in [1.82, 2.24) is 0 Å². The summed E-state index contributed by atoms with van der Waals surface area (Å²) >= 11 is 0. The van der Waals surface area contributed by atoms with E-state index in [9.17, 15) is 15.5 Å². The molecule has 1 N–H and O–H groups in total. The van der Waals surface area contributed by atoms with E-state index in [4.69, 9.17) is 0 Å². The molecule has 0 heterocycles. The van der Waals surface area contributed by atoms with Gasteiger partial charge in [-0.2, -0.15) is 0 Å². The summed E-state index contributed by atoms with van der Waals surface area (Å²) in [6.45, 7) is 6.56. The first-order valence-corrected chi connectivity index (χ1v) is 7.12. The lowest BCUT2D eigenvalue weighted by Crippen LogP contribution is -2.33. The molecule has 0 aliphatic rings. The number of phenolic OH excluding ortho intramolecular Hbond substituents is 1.